The lowest BCUT2D eigenvalue weighted by atomic mass is 9.94. The average Bonchev–Trinajstić information content (AvgIpc) is 2.46. The summed E-state index contributed by atoms with van der Waals surface area (Å²) in [5.74, 6) is 0. The maximum Gasteiger partial charge on any atom is 0.410 e. The molecule has 0 aliphatic carbocycles. The van der Waals surface area contributed by atoms with Crippen LogP contribution in [0.1, 0.15) is 58.1 Å². The molecule has 1 aromatic carbocycles. The SMILES string of the molecule is CC(C)(C)OC(=O)N1CCCC[C@@H]1C[C@@H](O)c1ccccc1Br. The highest BCUT2D eigenvalue weighted by molar-refractivity contribution is 9.10. The molecule has 1 aliphatic rings. The van der Waals surface area contributed by atoms with Crippen molar-refractivity contribution in [3.63, 3.8) is 0 Å². The van der Waals surface area contributed by atoms with Crippen molar-refractivity contribution < 1.29 is 14.6 Å². The van der Waals surface area contributed by atoms with E-state index in [1.54, 1.807) is 4.90 Å². The Morgan fingerprint density at radius 1 is 1.39 bits per heavy atom. The van der Waals surface area contributed by atoms with Crippen molar-refractivity contribution in [2.45, 2.75) is 64.2 Å². The average molecular weight is 384 g/mol. The van der Waals surface area contributed by atoms with Gasteiger partial charge in [-0.1, -0.05) is 34.1 Å². The van der Waals surface area contributed by atoms with Gasteiger partial charge in [0.15, 0.2) is 0 Å². The normalized spacial score (nSPS) is 20.2. The molecule has 23 heavy (non-hydrogen) atoms. The molecule has 0 bridgehead atoms. The smallest absolute Gasteiger partial charge is 0.410 e. The molecule has 0 spiro atoms. The van der Waals surface area contributed by atoms with Crippen LogP contribution in [0.25, 0.3) is 0 Å². The highest BCUT2D eigenvalue weighted by Crippen LogP contribution is 2.31. The first-order chi connectivity index (χ1) is 10.8. The number of amides is 1. The minimum atomic E-state index is -0.599. The summed E-state index contributed by atoms with van der Waals surface area (Å²) in [4.78, 5) is 14.2. The monoisotopic (exact) mass is 383 g/mol. The van der Waals surface area contributed by atoms with E-state index in [2.05, 4.69) is 15.9 Å². The first kappa shape index (κ1) is 18.3. The van der Waals surface area contributed by atoms with Crippen molar-refractivity contribution in [3.05, 3.63) is 34.3 Å². The van der Waals surface area contributed by atoms with Gasteiger partial charge in [-0.05, 0) is 58.1 Å². The summed E-state index contributed by atoms with van der Waals surface area (Å²) in [7, 11) is 0. The second-order valence-electron chi connectivity index (χ2n) is 7.10. The Morgan fingerprint density at radius 3 is 2.74 bits per heavy atom. The zero-order valence-electron chi connectivity index (χ0n) is 14.1. The minimum absolute atomic E-state index is 0.0145. The van der Waals surface area contributed by atoms with Gasteiger partial charge in [0.1, 0.15) is 5.60 Å². The molecule has 0 saturated carbocycles. The lowest BCUT2D eigenvalue weighted by molar-refractivity contribution is 0.00233. The molecule has 128 valence electrons. The fourth-order valence-corrected chi connectivity index (χ4v) is 3.49. The van der Waals surface area contributed by atoms with Gasteiger partial charge in [0, 0.05) is 17.1 Å². The van der Waals surface area contributed by atoms with E-state index in [1.165, 1.54) is 0 Å². The Kier molecular flexibility index (Phi) is 6.09. The van der Waals surface area contributed by atoms with Crippen LogP contribution in [0.2, 0.25) is 0 Å². The van der Waals surface area contributed by atoms with Gasteiger partial charge in [-0.15, -0.1) is 0 Å². The fourth-order valence-electron chi connectivity index (χ4n) is 2.94. The number of nitrogens with zero attached hydrogens (tertiary/aromatic N) is 1. The van der Waals surface area contributed by atoms with Gasteiger partial charge in [0.05, 0.1) is 6.10 Å². The van der Waals surface area contributed by atoms with Gasteiger partial charge in [-0.3, -0.25) is 0 Å². The van der Waals surface area contributed by atoms with E-state index in [9.17, 15) is 9.90 Å². The second-order valence-corrected chi connectivity index (χ2v) is 7.95. The first-order valence-electron chi connectivity index (χ1n) is 8.20. The maximum absolute atomic E-state index is 12.4. The molecule has 2 rings (SSSR count). The van der Waals surface area contributed by atoms with Crippen molar-refractivity contribution in [2.75, 3.05) is 6.54 Å². The molecule has 0 aromatic heterocycles. The Hall–Kier alpha value is -1.07. The molecule has 1 N–H and O–H groups in total. The largest absolute Gasteiger partial charge is 0.444 e. The number of halogens is 1. The number of aliphatic hydroxyl groups excluding tert-OH is 1. The van der Waals surface area contributed by atoms with E-state index in [4.69, 9.17) is 4.74 Å². The Bertz CT molecular complexity index is 541. The third-order valence-electron chi connectivity index (χ3n) is 4.01. The van der Waals surface area contributed by atoms with E-state index in [-0.39, 0.29) is 12.1 Å². The number of benzene rings is 1. The van der Waals surface area contributed by atoms with Crippen molar-refractivity contribution in [1.29, 1.82) is 0 Å². The van der Waals surface area contributed by atoms with E-state index in [0.717, 1.165) is 29.3 Å². The van der Waals surface area contributed by atoms with E-state index in [0.29, 0.717) is 13.0 Å². The van der Waals surface area contributed by atoms with Gasteiger partial charge in [-0.2, -0.15) is 0 Å². The van der Waals surface area contributed by atoms with E-state index < -0.39 is 11.7 Å². The van der Waals surface area contributed by atoms with Gasteiger partial charge in [0.2, 0.25) is 0 Å². The number of hydrogen-bond donors (Lipinski definition) is 1. The van der Waals surface area contributed by atoms with Crippen molar-refractivity contribution >= 4 is 22.0 Å². The lowest BCUT2D eigenvalue weighted by Crippen LogP contribution is -2.46. The van der Waals surface area contributed by atoms with Crippen molar-refractivity contribution in [3.8, 4) is 0 Å². The molecular weight excluding hydrogens is 358 g/mol. The molecule has 1 saturated heterocycles. The summed E-state index contributed by atoms with van der Waals surface area (Å²) in [6.45, 7) is 6.32. The molecule has 1 amide bonds. The van der Waals surface area contributed by atoms with Gasteiger partial charge in [-0.25, -0.2) is 4.79 Å². The molecule has 0 radical (unpaired) electrons. The number of carbonyl (C=O) groups is 1. The van der Waals surface area contributed by atoms with Crippen LogP contribution in [0.4, 0.5) is 4.79 Å². The summed E-state index contributed by atoms with van der Waals surface area (Å²) in [6.07, 6.45) is 2.62. The second kappa shape index (κ2) is 7.67. The predicted octanol–water partition coefficient (Wildman–Crippen LogP) is 4.66. The van der Waals surface area contributed by atoms with E-state index in [1.807, 2.05) is 45.0 Å². The van der Waals surface area contributed by atoms with Crippen LogP contribution in [-0.2, 0) is 4.74 Å². The van der Waals surface area contributed by atoms with Crippen LogP contribution in [0.3, 0.4) is 0 Å². The number of hydrogen-bond acceptors (Lipinski definition) is 3. The molecule has 1 heterocycles. The number of likely N-dealkylation sites (tertiary alicyclic amines) is 1. The summed E-state index contributed by atoms with van der Waals surface area (Å²) < 4.78 is 6.41. The maximum atomic E-state index is 12.4. The summed E-state index contributed by atoms with van der Waals surface area (Å²) in [6, 6.07) is 7.69. The van der Waals surface area contributed by atoms with Crippen LogP contribution in [0.15, 0.2) is 28.7 Å². The predicted molar refractivity (Wildman–Crippen MR) is 94.3 cm³/mol. The first-order valence-corrected chi connectivity index (χ1v) is 8.99. The number of rotatable bonds is 3. The van der Waals surface area contributed by atoms with Crippen molar-refractivity contribution in [1.82, 2.24) is 4.90 Å². The lowest BCUT2D eigenvalue weighted by Gasteiger charge is -2.37. The minimum Gasteiger partial charge on any atom is -0.444 e. The number of aliphatic hydroxyl groups is 1. The molecule has 2 atom stereocenters. The molecular formula is C18H26BrNO3. The summed E-state index contributed by atoms with van der Waals surface area (Å²) in [5.41, 5.74) is 0.363. The number of piperidine rings is 1. The van der Waals surface area contributed by atoms with Gasteiger partial charge in [0.25, 0.3) is 0 Å². The van der Waals surface area contributed by atoms with Crippen LogP contribution in [-0.4, -0.2) is 34.3 Å². The fraction of sp³-hybridized carbons (Fsp3) is 0.611. The summed E-state index contributed by atoms with van der Waals surface area (Å²) >= 11 is 3.48. The number of ether oxygens (including phenoxy) is 1. The van der Waals surface area contributed by atoms with Crippen LogP contribution in [0, 0.1) is 0 Å². The van der Waals surface area contributed by atoms with E-state index >= 15 is 0 Å². The standard InChI is InChI=1S/C18H26BrNO3/c1-18(2,3)23-17(22)20-11-7-6-8-13(20)12-16(21)14-9-4-5-10-15(14)19/h4-5,9-10,13,16,21H,6-8,11-12H2,1-3H3/t13-,16-/m1/s1. The highest BCUT2D eigenvalue weighted by atomic mass is 79.9. The van der Waals surface area contributed by atoms with Gasteiger partial charge < -0.3 is 14.7 Å². The third kappa shape index (κ3) is 5.21. The zero-order valence-corrected chi connectivity index (χ0v) is 15.7. The summed E-state index contributed by atoms with van der Waals surface area (Å²) in [5, 5.41) is 10.6. The third-order valence-corrected chi connectivity index (χ3v) is 4.74. The quantitative estimate of drug-likeness (QED) is 0.825. The Morgan fingerprint density at radius 2 is 2.09 bits per heavy atom. The van der Waals surface area contributed by atoms with Gasteiger partial charge >= 0.3 is 6.09 Å². The van der Waals surface area contributed by atoms with Crippen LogP contribution >= 0.6 is 15.9 Å². The molecule has 1 fully saturated rings. The van der Waals surface area contributed by atoms with Crippen LogP contribution < -0.4 is 0 Å². The zero-order chi connectivity index (χ0) is 17.0. The molecule has 4 nitrogen and oxygen atoms in total. The molecule has 1 aliphatic heterocycles. The highest BCUT2D eigenvalue weighted by Gasteiger charge is 2.32. The van der Waals surface area contributed by atoms with Crippen LogP contribution in [0.5, 0.6) is 0 Å². The Balaban J connectivity index is 2.06. The molecule has 1 aromatic rings. The topological polar surface area (TPSA) is 49.8 Å². The Labute approximate surface area is 147 Å². The number of carbonyl (C=O) groups excluding carboxylic acids is 1. The molecule has 5 heteroatoms. The van der Waals surface area contributed by atoms with Crippen molar-refractivity contribution in [2.24, 2.45) is 0 Å². The molecule has 0 unspecified atom stereocenters.